The van der Waals surface area contributed by atoms with Gasteiger partial charge in [0.05, 0.1) is 5.56 Å². The number of Topliss-reactive ketones (excluding diaryl/α,β-unsaturated/α-hetero) is 2. The lowest BCUT2D eigenvalue weighted by Gasteiger charge is -2.26. The van der Waals surface area contributed by atoms with Crippen molar-refractivity contribution in [1.82, 2.24) is 0 Å². The third-order valence-electron chi connectivity index (χ3n) is 4.32. The summed E-state index contributed by atoms with van der Waals surface area (Å²) in [7, 11) is 0. The van der Waals surface area contributed by atoms with Crippen molar-refractivity contribution in [3.63, 3.8) is 0 Å². The summed E-state index contributed by atoms with van der Waals surface area (Å²) in [5.74, 6) is -1.87. The number of benzene rings is 3. The number of nitrogens with two attached hydrogens (primary N) is 1. The van der Waals surface area contributed by atoms with Crippen LogP contribution in [0.4, 0.5) is 0 Å². The van der Waals surface area contributed by atoms with Gasteiger partial charge in [0.1, 0.15) is 6.61 Å². The highest BCUT2D eigenvalue weighted by Crippen LogP contribution is 2.19. The minimum Gasteiger partial charge on any atom is -0.459 e. The Kier molecular flexibility index (Phi) is 5.77. The molecule has 0 saturated carbocycles. The van der Waals surface area contributed by atoms with Crippen molar-refractivity contribution in [2.75, 3.05) is 6.61 Å². The van der Waals surface area contributed by atoms with Crippen LogP contribution in [0.5, 0.6) is 0 Å². The zero-order chi connectivity index (χ0) is 20.0. The van der Waals surface area contributed by atoms with Crippen molar-refractivity contribution in [3.05, 3.63) is 108 Å². The van der Waals surface area contributed by atoms with Crippen molar-refractivity contribution in [2.24, 2.45) is 5.73 Å². The topological polar surface area (TPSA) is 86.5 Å². The monoisotopic (exact) mass is 373 g/mol. The van der Waals surface area contributed by atoms with Crippen LogP contribution in [-0.4, -0.2) is 29.7 Å². The molecule has 2 N–H and O–H groups in total. The number of ether oxygens (including phenoxy) is 1. The van der Waals surface area contributed by atoms with Crippen LogP contribution in [0.3, 0.4) is 0 Å². The maximum absolute atomic E-state index is 13.1. The number of hydrogen-bond acceptors (Lipinski definition) is 5. The van der Waals surface area contributed by atoms with E-state index in [1.807, 2.05) is 0 Å². The fraction of sp³-hybridized carbons (Fsp3) is 0.0870. The molecule has 0 fully saturated rings. The first-order valence-corrected chi connectivity index (χ1v) is 8.73. The second kappa shape index (κ2) is 8.41. The van der Waals surface area contributed by atoms with E-state index in [1.165, 1.54) is 0 Å². The Labute approximate surface area is 162 Å². The van der Waals surface area contributed by atoms with Gasteiger partial charge in [-0.25, -0.2) is 4.79 Å². The molecule has 0 radical (unpaired) electrons. The highest BCUT2D eigenvalue weighted by Gasteiger charge is 2.44. The summed E-state index contributed by atoms with van der Waals surface area (Å²) in [5.41, 5.74) is 5.11. The molecule has 0 aliphatic heterocycles. The zero-order valence-electron chi connectivity index (χ0n) is 15.1. The first-order chi connectivity index (χ1) is 13.5. The maximum atomic E-state index is 13.1. The standard InChI is InChI=1S/C23H19NO4/c24-23(20(25)17-10-4-1-5-11-17,21(26)18-12-6-2-7-13-18)16-28-22(27)19-14-8-3-9-15-19/h1-15H,16,24H2. The van der Waals surface area contributed by atoms with Gasteiger partial charge < -0.3 is 10.5 Å². The zero-order valence-corrected chi connectivity index (χ0v) is 15.1. The molecule has 28 heavy (non-hydrogen) atoms. The largest absolute Gasteiger partial charge is 0.459 e. The molecular formula is C23H19NO4. The summed E-state index contributed by atoms with van der Waals surface area (Å²) in [6, 6.07) is 24.8. The molecule has 0 amide bonds. The quantitative estimate of drug-likeness (QED) is 0.390. The van der Waals surface area contributed by atoms with Crippen LogP contribution < -0.4 is 5.73 Å². The molecular weight excluding hydrogens is 354 g/mol. The third kappa shape index (κ3) is 4.05. The van der Waals surface area contributed by atoms with Crippen molar-refractivity contribution in [3.8, 4) is 0 Å². The number of rotatable bonds is 7. The molecule has 0 heterocycles. The third-order valence-corrected chi connectivity index (χ3v) is 4.32. The Balaban J connectivity index is 1.91. The predicted octanol–water partition coefficient (Wildman–Crippen LogP) is 3.31. The first-order valence-electron chi connectivity index (χ1n) is 8.73. The molecule has 0 atom stereocenters. The highest BCUT2D eigenvalue weighted by molar-refractivity contribution is 6.23. The molecule has 0 aliphatic rings. The lowest BCUT2D eigenvalue weighted by molar-refractivity contribution is 0.0387. The molecule has 0 saturated heterocycles. The van der Waals surface area contributed by atoms with E-state index in [0.29, 0.717) is 5.56 Å². The molecule has 0 bridgehead atoms. The van der Waals surface area contributed by atoms with E-state index >= 15 is 0 Å². The van der Waals surface area contributed by atoms with E-state index in [9.17, 15) is 14.4 Å². The number of carbonyl (C=O) groups excluding carboxylic acids is 3. The van der Waals surface area contributed by atoms with Crippen LogP contribution in [0.2, 0.25) is 0 Å². The molecule has 3 aromatic carbocycles. The molecule has 5 nitrogen and oxygen atoms in total. The first kappa shape index (κ1) is 19.2. The molecule has 0 unspecified atom stereocenters. The summed E-state index contributed by atoms with van der Waals surface area (Å²) < 4.78 is 5.27. The summed E-state index contributed by atoms with van der Waals surface area (Å²) in [6.45, 7) is -0.567. The molecule has 0 spiro atoms. The smallest absolute Gasteiger partial charge is 0.338 e. The average molecular weight is 373 g/mol. The Hall–Kier alpha value is -3.57. The molecule has 140 valence electrons. The highest BCUT2D eigenvalue weighted by atomic mass is 16.5. The number of ketones is 2. The van der Waals surface area contributed by atoms with Gasteiger partial charge in [0.2, 0.25) is 0 Å². The number of hydrogen-bond donors (Lipinski definition) is 1. The van der Waals surface area contributed by atoms with Gasteiger partial charge in [0.15, 0.2) is 17.1 Å². The van der Waals surface area contributed by atoms with Gasteiger partial charge in [0, 0.05) is 11.1 Å². The van der Waals surface area contributed by atoms with Crippen molar-refractivity contribution < 1.29 is 19.1 Å². The van der Waals surface area contributed by atoms with E-state index in [-0.39, 0.29) is 11.1 Å². The van der Waals surface area contributed by atoms with Gasteiger partial charge in [-0.3, -0.25) is 9.59 Å². The van der Waals surface area contributed by atoms with Crippen LogP contribution in [0, 0.1) is 0 Å². The Morgan fingerprint density at radius 3 is 1.39 bits per heavy atom. The van der Waals surface area contributed by atoms with Gasteiger partial charge in [-0.2, -0.15) is 0 Å². The summed E-state index contributed by atoms with van der Waals surface area (Å²) >= 11 is 0. The van der Waals surface area contributed by atoms with E-state index in [0.717, 1.165) is 0 Å². The minimum atomic E-state index is -2.03. The molecule has 3 rings (SSSR count). The second-order valence-corrected chi connectivity index (χ2v) is 6.30. The summed E-state index contributed by atoms with van der Waals surface area (Å²) in [6.07, 6.45) is 0. The predicted molar refractivity (Wildman–Crippen MR) is 105 cm³/mol. The van der Waals surface area contributed by atoms with Crippen LogP contribution in [0.25, 0.3) is 0 Å². The fourth-order valence-electron chi connectivity index (χ4n) is 2.77. The van der Waals surface area contributed by atoms with Crippen molar-refractivity contribution in [2.45, 2.75) is 5.54 Å². The van der Waals surface area contributed by atoms with E-state index < -0.39 is 29.7 Å². The van der Waals surface area contributed by atoms with Crippen LogP contribution in [-0.2, 0) is 4.74 Å². The van der Waals surface area contributed by atoms with Gasteiger partial charge in [-0.05, 0) is 12.1 Å². The van der Waals surface area contributed by atoms with Gasteiger partial charge in [-0.15, -0.1) is 0 Å². The molecule has 3 aromatic rings. The SMILES string of the molecule is NC(COC(=O)c1ccccc1)(C(=O)c1ccccc1)C(=O)c1ccccc1. The van der Waals surface area contributed by atoms with E-state index in [4.69, 9.17) is 10.5 Å². The lowest BCUT2D eigenvalue weighted by atomic mass is 9.83. The Morgan fingerprint density at radius 2 is 1.00 bits per heavy atom. The number of esters is 1. The van der Waals surface area contributed by atoms with Crippen LogP contribution >= 0.6 is 0 Å². The van der Waals surface area contributed by atoms with Crippen LogP contribution in [0.15, 0.2) is 91.0 Å². The van der Waals surface area contributed by atoms with Crippen molar-refractivity contribution in [1.29, 1.82) is 0 Å². The van der Waals surface area contributed by atoms with Gasteiger partial charge >= 0.3 is 5.97 Å². The van der Waals surface area contributed by atoms with E-state index in [1.54, 1.807) is 91.0 Å². The van der Waals surface area contributed by atoms with E-state index in [2.05, 4.69) is 0 Å². The maximum Gasteiger partial charge on any atom is 0.338 e. The van der Waals surface area contributed by atoms with Gasteiger partial charge in [0.25, 0.3) is 0 Å². The second-order valence-electron chi connectivity index (χ2n) is 6.30. The minimum absolute atomic E-state index is 0.269. The summed E-state index contributed by atoms with van der Waals surface area (Å²) in [5, 5.41) is 0. The Morgan fingerprint density at radius 1 is 0.643 bits per heavy atom. The van der Waals surface area contributed by atoms with Gasteiger partial charge in [-0.1, -0.05) is 78.9 Å². The lowest BCUT2D eigenvalue weighted by Crippen LogP contribution is -2.58. The Bertz CT molecular complexity index is 918. The number of carbonyl (C=O) groups is 3. The molecule has 0 aromatic heterocycles. The normalized spacial score (nSPS) is 10.9. The summed E-state index contributed by atoms with van der Waals surface area (Å²) in [4.78, 5) is 38.5. The van der Waals surface area contributed by atoms with Crippen molar-refractivity contribution >= 4 is 17.5 Å². The molecule has 0 aliphatic carbocycles. The van der Waals surface area contributed by atoms with Crippen LogP contribution in [0.1, 0.15) is 31.1 Å². The fourth-order valence-corrected chi connectivity index (χ4v) is 2.77. The average Bonchev–Trinajstić information content (AvgIpc) is 2.78. The molecule has 5 heteroatoms.